The number of hydrogen-bond donors (Lipinski definition) is 0. The van der Waals surface area contributed by atoms with E-state index in [1.165, 1.54) is 104 Å². The zero-order valence-corrected chi connectivity index (χ0v) is 64.7. The number of fused-ring (bicyclic) bond motifs is 3. The fourth-order valence-corrected chi connectivity index (χ4v) is 15.6. The second-order valence-corrected chi connectivity index (χ2v) is 29.6. The summed E-state index contributed by atoms with van der Waals surface area (Å²) in [5.74, 6) is -1.11. The monoisotopic (exact) mass is 1660 g/mol. The predicted molar refractivity (Wildman–Crippen MR) is 434 cm³/mol. The van der Waals surface area contributed by atoms with E-state index in [0.717, 1.165) is 0 Å². The van der Waals surface area contributed by atoms with Crippen LogP contribution in [0.25, 0.3) is 32.7 Å². The van der Waals surface area contributed by atoms with Crippen molar-refractivity contribution in [3.63, 3.8) is 0 Å². The Morgan fingerprint density at radius 1 is 0.404 bits per heavy atom. The normalized spacial score (nSPS) is 13.7. The summed E-state index contributed by atoms with van der Waals surface area (Å²) in [4.78, 5) is 125. The molecule has 3 fully saturated rings. The molecule has 114 heavy (non-hydrogen) atoms. The Morgan fingerprint density at radius 2 is 0.728 bits per heavy atom. The van der Waals surface area contributed by atoms with Crippen molar-refractivity contribution in [2.45, 2.75) is 19.6 Å². The van der Waals surface area contributed by atoms with E-state index >= 15 is 0 Å². The lowest BCUT2D eigenvalue weighted by Gasteiger charge is -2.36. The third-order valence-electron chi connectivity index (χ3n) is 19.7. The molecule has 15 rings (SSSR count). The molecule has 584 valence electrons. The first kappa shape index (κ1) is 80.2. The molecule has 0 spiro atoms. The molecular weight excluding hydrogens is 1600 g/mol. The first-order valence-electron chi connectivity index (χ1n) is 35.2. The first-order valence-corrected chi connectivity index (χ1v) is 38.0. The predicted octanol–water partition coefficient (Wildman–Crippen LogP) is 15.5. The number of anilines is 3. The lowest BCUT2D eigenvalue weighted by atomic mass is 10.1. The van der Waals surface area contributed by atoms with Crippen molar-refractivity contribution in [3.8, 4) is 5.75 Å². The summed E-state index contributed by atoms with van der Waals surface area (Å²) in [6, 6.07) is 46.4. The minimum absolute atomic E-state index is 0.00426. The van der Waals surface area contributed by atoms with E-state index in [4.69, 9.17) is 62.7 Å². The number of nitro groups is 3. The molecular formula is C80H64Cl5F3N12O13S. The van der Waals surface area contributed by atoms with Crippen LogP contribution >= 0.6 is 69.3 Å². The van der Waals surface area contributed by atoms with Gasteiger partial charge in [-0.3, -0.25) is 72.8 Å². The van der Waals surface area contributed by atoms with Gasteiger partial charge >= 0.3 is 33.7 Å². The van der Waals surface area contributed by atoms with E-state index < -0.39 is 66.0 Å². The lowest BCUT2D eigenvalue weighted by molar-refractivity contribution is -0.385. The largest absolute Gasteiger partial charge is 0.497 e. The maximum absolute atomic E-state index is 13.6. The SMILES string of the molecule is COc1ccc(C(=O)N2CCN(c3c([N+](=O)[O-])c(=O)n(Cc4ccc(F)cc4)c4ccc(Cl)cc34)CC2)cc1.O=C(c1ccc(Cl)c(Cl)c1)N1CCN(c2c([N+](=O)[O-])c(=O)n(Cc3ccc(F)cc3)c3ccc(Cl)cc23)CC1.O=C(c1cccs1)N1CCN(c2c([N+](=O)[O-])c(=O)n(Cc3ccc(F)cc3)c3ccc(Cl)cc23)CC1. The van der Waals surface area contributed by atoms with E-state index in [-0.39, 0.29) is 98.7 Å². The van der Waals surface area contributed by atoms with Gasteiger partial charge in [0.05, 0.1) is 73.0 Å². The van der Waals surface area contributed by atoms with Crippen molar-refractivity contribution in [3.05, 3.63) is 324 Å². The minimum atomic E-state index is -0.788. The van der Waals surface area contributed by atoms with Crippen LogP contribution in [0.4, 0.5) is 47.3 Å². The van der Waals surface area contributed by atoms with Gasteiger partial charge < -0.3 is 34.1 Å². The van der Waals surface area contributed by atoms with Gasteiger partial charge in [0.2, 0.25) is 0 Å². The van der Waals surface area contributed by atoms with Gasteiger partial charge in [-0.2, -0.15) is 0 Å². The number of halogens is 8. The van der Waals surface area contributed by atoms with Crippen LogP contribution in [0.2, 0.25) is 25.1 Å². The van der Waals surface area contributed by atoms with Crippen LogP contribution in [0, 0.1) is 47.8 Å². The molecule has 0 atom stereocenters. The highest BCUT2D eigenvalue weighted by Gasteiger charge is 2.37. The number of piperazine rings is 3. The highest BCUT2D eigenvalue weighted by atomic mass is 35.5. The summed E-state index contributed by atoms with van der Waals surface area (Å²) < 4.78 is 49.3. The van der Waals surface area contributed by atoms with Crippen LogP contribution in [-0.2, 0) is 19.6 Å². The number of thiophene rings is 1. The fourth-order valence-electron chi connectivity index (χ4n) is 14.1. The molecule has 3 amide bonds. The van der Waals surface area contributed by atoms with Crippen molar-refractivity contribution in [1.29, 1.82) is 0 Å². The molecule has 0 N–H and O–H groups in total. The third-order valence-corrected chi connectivity index (χ3v) is 22.0. The van der Waals surface area contributed by atoms with Crippen LogP contribution < -0.4 is 36.1 Å². The molecule has 4 aromatic heterocycles. The molecule has 3 saturated heterocycles. The third kappa shape index (κ3) is 17.2. The number of hydrogen-bond acceptors (Lipinski definition) is 17. The number of pyridine rings is 3. The van der Waals surface area contributed by atoms with Gasteiger partial charge in [-0.25, -0.2) is 13.2 Å². The lowest BCUT2D eigenvalue weighted by Crippen LogP contribution is -2.49. The smallest absolute Gasteiger partial charge is 0.357 e. The summed E-state index contributed by atoms with van der Waals surface area (Å²) in [5.41, 5.74) is 0.617. The van der Waals surface area contributed by atoms with Gasteiger partial charge in [0.1, 0.15) is 40.3 Å². The average Bonchev–Trinajstić information content (AvgIpc) is 0.902. The first-order chi connectivity index (χ1) is 54.7. The number of ether oxygens (including phenoxy) is 1. The topological polar surface area (TPSA) is 275 Å². The van der Waals surface area contributed by atoms with Gasteiger partial charge in [-0.05, 0) is 162 Å². The Kier molecular flexibility index (Phi) is 24.4. The van der Waals surface area contributed by atoms with E-state index in [0.29, 0.717) is 131 Å². The molecule has 3 aliphatic rings. The number of amides is 3. The van der Waals surface area contributed by atoms with Crippen LogP contribution in [0.5, 0.6) is 5.75 Å². The van der Waals surface area contributed by atoms with Gasteiger partial charge in [0.15, 0.2) is 0 Å². The van der Waals surface area contributed by atoms with Crippen LogP contribution in [0.15, 0.2) is 202 Å². The van der Waals surface area contributed by atoms with E-state index in [1.807, 2.05) is 11.4 Å². The molecule has 7 heterocycles. The van der Waals surface area contributed by atoms with E-state index in [1.54, 1.807) is 134 Å². The molecule has 0 aliphatic carbocycles. The molecule has 3 aliphatic heterocycles. The van der Waals surface area contributed by atoms with Gasteiger partial charge in [0, 0.05) is 121 Å². The Morgan fingerprint density at radius 3 is 1.04 bits per heavy atom. The highest BCUT2D eigenvalue weighted by Crippen LogP contribution is 2.40. The summed E-state index contributed by atoms with van der Waals surface area (Å²) in [6.45, 7) is 3.60. The maximum Gasteiger partial charge on any atom is 0.357 e. The number of nitrogens with zero attached hydrogens (tertiary/aromatic N) is 12. The molecule has 8 aromatic carbocycles. The van der Waals surface area contributed by atoms with Gasteiger partial charge in [-0.15, -0.1) is 11.3 Å². The minimum Gasteiger partial charge on any atom is -0.497 e. The number of methoxy groups -OCH3 is 1. The molecule has 0 radical (unpaired) electrons. The number of rotatable bonds is 16. The van der Waals surface area contributed by atoms with Crippen molar-refractivity contribution in [2.75, 3.05) is 100 Å². The highest BCUT2D eigenvalue weighted by molar-refractivity contribution is 7.12. The Balaban J connectivity index is 0.000000149. The van der Waals surface area contributed by atoms with Gasteiger partial charge in [-0.1, -0.05) is 100 Å². The summed E-state index contributed by atoms with van der Waals surface area (Å²) >= 11 is 32.3. The number of aromatic nitrogens is 3. The summed E-state index contributed by atoms with van der Waals surface area (Å²) in [6.07, 6.45) is 0. The van der Waals surface area contributed by atoms with E-state index in [2.05, 4.69) is 0 Å². The zero-order valence-electron chi connectivity index (χ0n) is 60.1. The number of benzene rings is 8. The molecule has 12 aromatic rings. The molecule has 25 nitrogen and oxygen atoms in total. The maximum atomic E-state index is 13.6. The average molecular weight is 1670 g/mol. The second kappa shape index (κ2) is 34.6. The van der Waals surface area contributed by atoms with Crippen LogP contribution in [0.3, 0.4) is 0 Å². The second-order valence-electron chi connectivity index (χ2n) is 26.6. The van der Waals surface area contributed by atoms with Crippen molar-refractivity contribution < 1.29 is 47.1 Å². The van der Waals surface area contributed by atoms with Gasteiger partial charge in [0.25, 0.3) is 17.7 Å². The Labute approximate surface area is 674 Å². The summed E-state index contributed by atoms with van der Waals surface area (Å²) in [7, 11) is 1.55. The fraction of sp³-hybridized carbons (Fsp3) is 0.200. The van der Waals surface area contributed by atoms with Crippen molar-refractivity contribution >= 4 is 154 Å². The quantitative estimate of drug-likeness (QED) is 0.0642. The molecule has 0 saturated carbocycles. The van der Waals surface area contributed by atoms with Crippen LogP contribution in [0.1, 0.15) is 47.1 Å². The summed E-state index contributed by atoms with van der Waals surface area (Å²) in [5, 5.41) is 41.6. The number of carbonyl (C=O) groups excluding carboxylic acids is 3. The molecule has 34 heteroatoms. The Hall–Kier alpha value is -11.9. The standard InChI is InChI=1S/C28H24ClFN4O5.C27H20Cl3FN4O4.C25H20ClFN4O4S/c1-39-22-9-4-19(5-10-22)27(35)32-14-12-31(13-15-32)25-23-16-20(29)6-11-24(23)33(28(36)26(25)34(37)38)17-18-2-7-21(30)8-3-18;28-18-4-8-23-20(14-18)24(25(35(38)39)27(37)34(23)15-16-1-5-19(31)6-2-16)32-9-11-33(12-10-32)26(36)17-3-7-21(29)22(30)13-17;26-17-5-8-20-19(14-17)22(28-9-11-29(12-10-28)24(32)21-2-1-13-36-21)23(31(34)35)25(33)30(20)15-16-3-6-18(27)7-4-16/h2-11,16H,12-15,17H2,1H3;1-8,13-14H,9-12,15H2;1-8,13-14H,9-12,15H2. The molecule has 0 unspecified atom stereocenters. The van der Waals surface area contributed by atoms with Crippen molar-refractivity contribution in [1.82, 2.24) is 28.4 Å². The van der Waals surface area contributed by atoms with Crippen LogP contribution in [-0.4, -0.2) is 147 Å². The number of carbonyl (C=O) groups is 3. The zero-order chi connectivity index (χ0) is 80.9. The molecule has 0 bridgehead atoms. The van der Waals surface area contributed by atoms with E-state index in [9.17, 15) is 72.3 Å². The van der Waals surface area contributed by atoms with Crippen molar-refractivity contribution in [2.24, 2.45) is 0 Å². The Bertz CT molecular complexity index is 5950.